The molecule has 0 atom stereocenters. The van der Waals surface area contributed by atoms with Gasteiger partial charge in [-0.15, -0.1) is 69.6 Å². The number of quaternary nitrogens is 1. The Kier molecular flexibility index (Phi) is 6.08. The van der Waals surface area contributed by atoms with Gasteiger partial charge in [0.05, 0.1) is 0 Å². The topological polar surface area (TPSA) is 0 Å². The number of rotatable bonds is 4. The number of alkyl halides is 6. The van der Waals surface area contributed by atoms with Gasteiger partial charge >= 0.3 is 6.28 Å². The summed E-state index contributed by atoms with van der Waals surface area (Å²) in [6.07, 6.45) is -1.78. The first-order valence-corrected chi connectivity index (χ1v) is 6.53. The molecule has 14 heavy (non-hydrogen) atoms. The highest BCUT2D eigenvalue weighted by atomic mass is 35.5. The van der Waals surface area contributed by atoms with Gasteiger partial charge in [-0.05, 0) is 0 Å². The van der Waals surface area contributed by atoms with E-state index in [1.165, 1.54) is 0 Å². The van der Waals surface area contributed by atoms with E-state index in [1.54, 1.807) is 0 Å². The summed E-state index contributed by atoms with van der Waals surface area (Å²) in [6, 6.07) is 0. The fourth-order valence-corrected chi connectivity index (χ4v) is 6.01. The van der Waals surface area contributed by atoms with E-state index in [1.807, 2.05) is 21.1 Å². The van der Waals surface area contributed by atoms with Crippen LogP contribution in [0.4, 0.5) is 0 Å². The van der Waals surface area contributed by atoms with Gasteiger partial charge in [-0.1, -0.05) is 0 Å². The molecule has 0 heterocycles. The smallest absolute Gasteiger partial charge is 0.302 e. The van der Waals surface area contributed by atoms with Crippen LogP contribution in [-0.4, -0.2) is 46.0 Å². The predicted molar refractivity (Wildman–Crippen MR) is 70.3 cm³/mol. The van der Waals surface area contributed by atoms with Gasteiger partial charge in [-0.25, -0.2) is 0 Å². The largest absolute Gasteiger partial charge is 0.517 e. The van der Waals surface area contributed by atoms with Crippen LogP contribution in [0.3, 0.4) is 0 Å². The minimum absolute atomic E-state index is 0.326. The van der Waals surface area contributed by atoms with Crippen molar-refractivity contribution in [3.8, 4) is 0 Å². The van der Waals surface area contributed by atoms with E-state index >= 15 is 0 Å². The summed E-state index contributed by atoms with van der Waals surface area (Å²) in [7, 11) is 5.56. The normalized spacial score (nSPS) is 14.6. The van der Waals surface area contributed by atoms with Crippen LogP contribution in [0.1, 0.15) is 0 Å². The molecule has 1 nitrogen and oxygen atoms in total. The minimum atomic E-state index is -1.78. The Morgan fingerprint density at radius 1 is 0.714 bits per heavy atom. The molecule has 0 saturated heterocycles. The Hall–Kier alpha value is 1.76. The average molecular weight is 322 g/mol. The Labute approximate surface area is 115 Å². The van der Waals surface area contributed by atoms with E-state index in [4.69, 9.17) is 69.6 Å². The molecule has 0 aromatic rings. The van der Waals surface area contributed by atoms with Gasteiger partial charge in [0, 0.05) is 35.3 Å². The first-order valence-electron chi connectivity index (χ1n) is 3.91. The summed E-state index contributed by atoms with van der Waals surface area (Å²) >= 11 is 35.5. The van der Waals surface area contributed by atoms with Crippen molar-refractivity contribution in [2.45, 2.75) is 14.2 Å². The molecule has 0 aliphatic carbocycles. The molecule has 0 aromatic carbocycles. The summed E-state index contributed by atoms with van der Waals surface area (Å²) in [5.41, 5.74) is 0. The van der Waals surface area contributed by atoms with Crippen molar-refractivity contribution in [3.05, 3.63) is 0 Å². The lowest BCUT2D eigenvalue weighted by Crippen LogP contribution is -2.74. The highest BCUT2D eigenvalue weighted by molar-refractivity contribution is 7.06. The molecule has 86 valence electrons. The second kappa shape index (κ2) is 5.40. The molecule has 8 heteroatoms. The van der Waals surface area contributed by atoms with Crippen LogP contribution in [0, 0.1) is 0 Å². The molecule has 0 N–H and O–H groups in total. The van der Waals surface area contributed by atoms with Gasteiger partial charge in [0.15, 0.2) is 0 Å². The fourth-order valence-electron chi connectivity index (χ4n) is 1.34. The summed E-state index contributed by atoms with van der Waals surface area (Å²) in [5, 5.41) is 0. The maximum atomic E-state index is 5.91. The molecular formula is C6H12BCl6N. The zero-order chi connectivity index (χ0) is 11.7. The Morgan fingerprint density at radius 2 is 0.929 bits per heavy atom. The van der Waals surface area contributed by atoms with Crippen molar-refractivity contribution in [1.82, 2.24) is 0 Å². The van der Waals surface area contributed by atoms with E-state index in [0.717, 1.165) is 0 Å². The standard InChI is InChI=1S/C6H12BCl6N/c1-14(2,3)7(4(8)9,5(10)11)6(12)13/h4-6H,1-3H3. The maximum Gasteiger partial charge on any atom is 0.302 e. The van der Waals surface area contributed by atoms with Crippen LogP contribution < -0.4 is 0 Å². The van der Waals surface area contributed by atoms with Crippen LogP contribution in [0.25, 0.3) is 0 Å². The molecule has 0 aliphatic heterocycles. The molecule has 0 radical (unpaired) electrons. The third-order valence-corrected chi connectivity index (χ3v) is 4.97. The van der Waals surface area contributed by atoms with Crippen LogP contribution in [-0.2, 0) is 0 Å². The van der Waals surface area contributed by atoms with Gasteiger partial charge in [0.1, 0.15) is 0 Å². The first-order chi connectivity index (χ1) is 6.08. The molecule has 0 bridgehead atoms. The van der Waals surface area contributed by atoms with Gasteiger partial charge in [-0.3, -0.25) is 0 Å². The quantitative estimate of drug-likeness (QED) is 0.547. The molecule has 0 aliphatic rings. The first kappa shape index (κ1) is 15.8. The SMILES string of the molecule is C[N+](C)(C)[B-](C(Cl)Cl)(C(Cl)Cl)C(Cl)Cl. The Bertz CT molecular complexity index is 167. The van der Waals surface area contributed by atoms with Crippen LogP contribution in [0.15, 0.2) is 0 Å². The zero-order valence-corrected chi connectivity index (χ0v) is 12.6. The number of hydrogen-bond donors (Lipinski definition) is 0. The number of halogens is 6. The molecule has 0 fully saturated rings. The van der Waals surface area contributed by atoms with E-state index in [0.29, 0.717) is 4.39 Å². The highest BCUT2D eigenvalue weighted by Crippen LogP contribution is 2.39. The third-order valence-electron chi connectivity index (χ3n) is 2.55. The summed E-state index contributed by atoms with van der Waals surface area (Å²) < 4.78 is -2.10. The monoisotopic (exact) mass is 319 g/mol. The minimum Gasteiger partial charge on any atom is -0.517 e. The molecule has 0 unspecified atom stereocenters. The van der Waals surface area contributed by atoms with Crippen molar-refractivity contribution in [2.75, 3.05) is 21.1 Å². The zero-order valence-electron chi connectivity index (χ0n) is 8.02. The molecule has 0 saturated carbocycles. The molecule has 0 amide bonds. The lowest BCUT2D eigenvalue weighted by atomic mass is 9.36. The van der Waals surface area contributed by atoms with Crippen LogP contribution in [0.5, 0.6) is 0 Å². The van der Waals surface area contributed by atoms with Crippen molar-refractivity contribution in [2.24, 2.45) is 0 Å². The number of nitrogens with zero attached hydrogens (tertiary/aromatic N) is 1. The molecule has 0 rings (SSSR count). The van der Waals surface area contributed by atoms with Crippen molar-refractivity contribution in [3.63, 3.8) is 0 Å². The summed E-state index contributed by atoms with van der Waals surface area (Å²) in [4.78, 5) is 0. The fraction of sp³-hybridized carbons (Fsp3) is 1.00. The second-order valence-corrected chi connectivity index (χ2v) is 7.64. The molecule has 0 spiro atoms. The van der Waals surface area contributed by atoms with E-state index < -0.39 is 20.5 Å². The average Bonchev–Trinajstić information content (AvgIpc) is 1.79. The van der Waals surface area contributed by atoms with E-state index in [2.05, 4.69) is 0 Å². The van der Waals surface area contributed by atoms with Crippen LogP contribution >= 0.6 is 69.6 Å². The Morgan fingerprint density at radius 3 is 0.929 bits per heavy atom. The Balaban J connectivity index is 5.40. The highest BCUT2D eigenvalue weighted by Gasteiger charge is 2.55. The third kappa shape index (κ3) is 2.71. The lowest BCUT2D eigenvalue weighted by molar-refractivity contribution is -0.769. The predicted octanol–water partition coefficient (Wildman–Crippen LogP) is 3.67. The second-order valence-electron chi connectivity index (χ2n) is 4.14. The van der Waals surface area contributed by atoms with Gasteiger partial charge in [0.25, 0.3) is 0 Å². The molecule has 0 aromatic heterocycles. The maximum absolute atomic E-state index is 5.91. The summed E-state index contributed by atoms with van der Waals surface area (Å²) in [5.74, 6) is 0. The van der Waals surface area contributed by atoms with Crippen molar-refractivity contribution < 1.29 is 4.39 Å². The van der Waals surface area contributed by atoms with E-state index in [-0.39, 0.29) is 0 Å². The van der Waals surface area contributed by atoms with Crippen molar-refractivity contribution >= 4 is 75.9 Å². The lowest BCUT2D eigenvalue weighted by Gasteiger charge is -2.55. The van der Waals surface area contributed by atoms with Gasteiger partial charge in [0.2, 0.25) is 0 Å². The van der Waals surface area contributed by atoms with Gasteiger partial charge in [-0.2, -0.15) is 0 Å². The number of hydrogen-bond acceptors (Lipinski definition) is 0. The summed E-state index contributed by atoms with van der Waals surface area (Å²) in [6.45, 7) is 0. The molecular weight excluding hydrogens is 310 g/mol. The van der Waals surface area contributed by atoms with Crippen LogP contribution in [0.2, 0.25) is 0 Å². The van der Waals surface area contributed by atoms with Gasteiger partial charge < -0.3 is 4.39 Å². The van der Waals surface area contributed by atoms with Crippen molar-refractivity contribution in [1.29, 1.82) is 0 Å². The van der Waals surface area contributed by atoms with E-state index in [9.17, 15) is 0 Å².